The fourth-order valence-electron chi connectivity index (χ4n) is 2.19. The minimum Gasteiger partial charge on any atom is -0.387 e. The molecule has 0 aliphatic heterocycles. The monoisotopic (exact) mass is 360 g/mol. The van der Waals surface area contributed by atoms with E-state index in [1.54, 1.807) is 30.3 Å². The van der Waals surface area contributed by atoms with E-state index in [4.69, 9.17) is 4.74 Å². The first-order valence-corrected chi connectivity index (χ1v) is 8.05. The summed E-state index contributed by atoms with van der Waals surface area (Å²) in [7, 11) is 0. The normalized spacial score (nSPS) is 13.8. The summed E-state index contributed by atoms with van der Waals surface area (Å²) in [5.74, 6) is 2.27. The van der Waals surface area contributed by atoms with Gasteiger partial charge in [-0.25, -0.2) is 0 Å². The van der Waals surface area contributed by atoms with Gasteiger partial charge in [0.05, 0.1) is 12.7 Å². The number of halogens is 3. The Labute approximate surface area is 150 Å². The quantitative estimate of drug-likeness (QED) is 0.609. The molecule has 2 atom stereocenters. The third kappa shape index (κ3) is 6.75. The zero-order valence-corrected chi connectivity index (χ0v) is 14.0. The molecule has 0 spiro atoms. The molecular weight excluding hydrogens is 341 g/mol. The van der Waals surface area contributed by atoms with Crippen LogP contribution in [0.4, 0.5) is 13.2 Å². The Balaban J connectivity index is 1.94. The standard InChI is InChI=1S/C21H19F3O2/c22-21(23,24)19(20(25)14-13-17-8-3-1-4-9-17)12-7-15-26-16-18-10-5-2-6-11-18/h1-6,8-11,13-14,19-20,25H,15-16H2/b14-13+/t19-,20-/m0/s1. The van der Waals surface area contributed by atoms with E-state index in [-0.39, 0.29) is 13.2 Å². The van der Waals surface area contributed by atoms with Crippen LogP contribution in [-0.4, -0.2) is 24.0 Å². The Bertz CT molecular complexity index is 744. The van der Waals surface area contributed by atoms with Gasteiger partial charge in [0.25, 0.3) is 0 Å². The Morgan fingerprint density at radius 3 is 2.23 bits per heavy atom. The van der Waals surface area contributed by atoms with Crippen molar-refractivity contribution in [3.8, 4) is 11.8 Å². The number of alkyl halides is 3. The number of aliphatic hydroxyl groups is 1. The molecule has 0 aromatic heterocycles. The smallest absolute Gasteiger partial charge is 0.387 e. The molecule has 26 heavy (non-hydrogen) atoms. The summed E-state index contributed by atoms with van der Waals surface area (Å²) >= 11 is 0. The average molecular weight is 360 g/mol. The molecule has 1 N–H and O–H groups in total. The van der Waals surface area contributed by atoms with Crippen molar-refractivity contribution < 1.29 is 23.0 Å². The van der Waals surface area contributed by atoms with Crippen molar-refractivity contribution in [3.63, 3.8) is 0 Å². The van der Waals surface area contributed by atoms with Crippen LogP contribution in [0.15, 0.2) is 66.7 Å². The van der Waals surface area contributed by atoms with Gasteiger partial charge < -0.3 is 9.84 Å². The molecular formula is C21H19F3O2. The summed E-state index contributed by atoms with van der Waals surface area (Å²) < 4.78 is 44.7. The molecule has 2 nitrogen and oxygen atoms in total. The van der Waals surface area contributed by atoms with Gasteiger partial charge in [-0.2, -0.15) is 13.2 Å². The van der Waals surface area contributed by atoms with Crippen molar-refractivity contribution in [2.75, 3.05) is 6.61 Å². The van der Waals surface area contributed by atoms with Gasteiger partial charge in [-0.15, -0.1) is 0 Å². The second kappa shape index (κ2) is 9.81. The highest BCUT2D eigenvalue weighted by Crippen LogP contribution is 2.29. The van der Waals surface area contributed by atoms with Gasteiger partial charge in [0, 0.05) is 0 Å². The van der Waals surface area contributed by atoms with Crippen molar-refractivity contribution in [2.45, 2.75) is 18.9 Å². The molecule has 0 bridgehead atoms. The lowest BCUT2D eigenvalue weighted by Gasteiger charge is -2.18. The number of benzene rings is 2. The number of aliphatic hydroxyl groups excluding tert-OH is 1. The first kappa shape index (κ1) is 19.8. The van der Waals surface area contributed by atoms with Gasteiger partial charge >= 0.3 is 6.18 Å². The van der Waals surface area contributed by atoms with Crippen LogP contribution in [0.5, 0.6) is 0 Å². The van der Waals surface area contributed by atoms with Gasteiger partial charge in [-0.05, 0) is 11.1 Å². The molecule has 0 aliphatic rings. The Morgan fingerprint density at radius 1 is 1.00 bits per heavy atom. The molecule has 0 radical (unpaired) electrons. The highest BCUT2D eigenvalue weighted by Gasteiger charge is 2.42. The van der Waals surface area contributed by atoms with Crippen molar-refractivity contribution >= 4 is 6.08 Å². The van der Waals surface area contributed by atoms with Crippen LogP contribution in [0.1, 0.15) is 11.1 Å². The number of hydrogen-bond donors (Lipinski definition) is 1. The maximum atomic E-state index is 13.1. The molecule has 0 saturated heterocycles. The summed E-state index contributed by atoms with van der Waals surface area (Å²) in [5.41, 5.74) is 1.61. The van der Waals surface area contributed by atoms with E-state index in [1.165, 1.54) is 6.08 Å². The SMILES string of the molecule is O[C@@H](/C=C/c1ccccc1)[C@H](C#CCOCc1ccccc1)C(F)(F)F. The predicted molar refractivity (Wildman–Crippen MR) is 94.9 cm³/mol. The summed E-state index contributed by atoms with van der Waals surface area (Å²) in [6.45, 7) is 0.124. The molecule has 2 aromatic carbocycles. The van der Waals surface area contributed by atoms with Gasteiger partial charge in [-0.3, -0.25) is 0 Å². The molecule has 0 aliphatic carbocycles. The summed E-state index contributed by atoms with van der Waals surface area (Å²) in [5, 5.41) is 9.89. The second-order valence-electron chi connectivity index (χ2n) is 5.58. The predicted octanol–water partition coefficient (Wildman–Crippen LogP) is 4.46. The fraction of sp³-hybridized carbons (Fsp3) is 0.238. The van der Waals surface area contributed by atoms with Crippen molar-refractivity contribution in [1.82, 2.24) is 0 Å². The van der Waals surface area contributed by atoms with Crippen LogP contribution >= 0.6 is 0 Å². The van der Waals surface area contributed by atoms with Gasteiger partial charge in [0.1, 0.15) is 12.5 Å². The molecule has 0 unspecified atom stereocenters. The summed E-state index contributed by atoms with van der Waals surface area (Å²) in [6.07, 6.45) is -3.84. The van der Waals surface area contributed by atoms with E-state index in [0.717, 1.165) is 11.6 Å². The molecule has 5 heteroatoms. The molecule has 0 heterocycles. The van der Waals surface area contributed by atoms with Crippen molar-refractivity contribution in [2.24, 2.45) is 5.92 Å². The second-order valence-corrected chi connectivity index (χ2v) is 5.58. The fourth-order valence-corrected chi connectivity index (χ4v) is 2.19. The Kier molecular flexibility index (Phi) is 7.46. The van der Waals surface area contributed by atoms with Crippen LogP contribution in [0.2, 0.25) is 0 Å². The van der Waals surface area contributed by atoms with E-state index in [9.17, 15) is 18.3 Å². The van der Waals surface area contributed by atoms with Crippen molar-refractivity contribution in [3.05, 3.63) is 77.9 Å². The van der Waals surface area contributed by atoms with Gasteiger partial charge in [-0.1, -0.05) is 84.7 Å². The van der Waals surface area contributed by atoms with Crippen LogP contribution in [-0.2, 0) is 11.3 Å². The zero-order valence-electron chi connectivity index (χ0n) is 14.0. The lowest BCUT2D eigenvalue weighted by Crippen LogP contribution is -2.31. The average Bonchev–Trinajstić information content (AvgIpc) is 2.63. The van der Waals surface area contributed by atoms with Crippen LogP contribution in [0.25, 0.3) is 6.08 Å². The molecule has 2 aromatic rings. The minimum absolute atomic E-state index is 0.142. The van der Waals surface area contributed by atoms with E-state index in [1.807, 2.05) is 30.3 Å². The molecule has 136 valence electrons. The van der Waals surface area contributed by atoms with E-state index in [0.29, 0.717) is 5.56 Å². The molecule has 0 fully saturated rings. The van der Waals surface area contributed by atoms with Gasteiger partial charge in [0.15, 0.2) is 0 Å². The lowest BCUT2D eigenvalue weighted by molar-refractivity contribution is -0.175. The molecule has 0 saturated carbocycles. The molecule has 2 rings (SSSR count). The Hall–Kier alpha value is -2.55. The number of ether oxygens (including phenoxy) is 1. The maximum Gasteiger partial charge on any atom is 0.405 e. The lowest BCUT2D eigenvalue weighted by atomic mass is 10.0. The zero-order chi connectivity index (χ0) is 18.8. The highest BCUT2D eigenvalue weighted by molar-refractivity contribution is 5.49. The van der Waals surface area contributed by atoms with Crippen LogP contribution < -0.4 is 0 Å². The van der Waals surface area contributed by atoms with E-state index in [2.05, 4.69) is 11.8 Å². The highest BCUT2D eigenvalue weighted by atomic mass is 19.4. The summed E-state index contributed by atoms with van der Waals surface area (Å²) in [4.78, 5) is 0. The largest absolute Gasteiger partial charge is 0.405 e. The van der Waals surface area contributed by atoms with Gasteiger partial charge in [0.2, 0.25) is 0 Å². The van der Waals surface area contributed by atoms with E-state index >= 15 is 0 Å². The maximum absolute atomic E-state index is 13.1. The van der Waals surface area contributed by atoms with Crippen molar-refractivity contribution in [1.29, 1.82) is 0 Å². The van der Waals surface area contributed by atoms with Crippen LogP contribution in [0, 0.1) is 17.8 Å². The van der Waals surface area contributed by atoms with Crippen LogP contribution in [0.3, 0.4) is 0 Å². The third-order valence-corrected chi connectivity index (χ3v) is 3.52. The number of hydrogen-bond acceptors (Lipinski definition) is 2. The Morgan fingerprint density at radius 2 is 1.62 bits per heavy atom. The summed E-state index contributed by atoms with van der Waals surface area (Å²) in [6, 6.07) is 18.0. The minimum atomic E-state index is -4.63. The van der Waals surface area contributed by atoms with E-state index < -0.39 is 18.2 Å². The first-order chi connectivity index (χ1) is 12.5. The molecule has 0 amide bonds. The third-order valence-electron chi connectivity index (χ3n) is 3.52. The topological polar surface area (TPSA) is 29.5 Å². The number of rotatable bonds is 6. The first-order valence-electron chi connectivity index (χ1n) is 8.05.